The Bertz CT molecular complexity index is 313. The Balaban J connectivity index is 1.74. The van der Waals surface area contributed by atoms with Gasteiger partial charge in [0, 0.05) is 12.6 Å². The zero-order valence-corrected chi connectivity index (χ0v) is 11.1. The van der Waals surface area contributed by atoms with Crippen molar-refractivity contribution in [1.29, 1.82) is 0 Å². The maximum atomic E-state index is 12.0. The van der Waals surface area contributed by atoms with Gasteiger partial charge in [-0.3, -0.25) is 9.69 Å². The van der Waals surface area contributed by atoms with E-state index in [1.807, 2.05) is 6.92 Å². The van der Waals surface area contributed by atoms with Crippen LogP contribution in [0.15, 0.2) is 0 Å². The average molecular weight is 253 g/mol. The maximum Gasteiger partial charge on any atom is 0.324 e. The van der Waals surface area contributed by atoms with Gasteiger partial charge in [-0.1, -0.05) is 13.3 Å². The Morgan fingerprint density at radius 1 is 1.33 bits per heavy atom. The van der Waals surface area contributed by atoms with Gasteiger partial charge in [0.05, 0.1) is 0 Å². The fraction of sp³-hybridized carbons (Fsp3) is 0.846. The normalized spacial score (nSPS) is 27.9. The lowest BCUT2D eigenvalue weighted by Crippen LogP contribution is -2.33. The van der Waals surface area contributed by atoms with E-state index in [-0.39, 0.29) is 18.0 Å². The Hall–Kier alpha value is -1.10. The van der Waals surface area contributed by atoms with Crippen LogP contribution < -0.4 is 10.6 Å². The van der Waals surface area contributed by atoms with Gasteiger partial charge in [0.25, 0.3) is 5.91 Å². The maximum absolute atomic E-state index is 12.0. The number of hydrogen-bond donors (Lipinski definition) is 2. The van der Waals surface area contributed by atoms with Crippen LogP contribution in [0.2, 0.25) is 0 Å². The lowest BCUT2D eigenvalue weighted by atomic mass is 10.1. The van der Waals surface area contributed by atoms with Gasteiger partial charge in [-0.2, -0.15) is 0 Å². The van der Waals surface area contributed by atoms with Gasteiger partial charge in [-0.15, -0.1) is 0 Å². The van der Waals surface area contributed by atoms with Crippen LogP contribution in [0.1, 0.15) is 45.4 Å². The number of amides is 3. The molecule has 2 saturated heterocycles. The van der Waals surface area contributed by atoms with Crippen molar-refractivity contribution < 1.29 is 9.59 Å². The van der Waals surface area contributed by atoms with Crippen LogP contribution in [0.4, 0.5) is 4.79 Å². The third kappa shape index (κ3) is 3.02. The number of urea groups is 1. The highest BCUT2D eigenvalue weighted by Crippen LogP contribution is 2.14. The van der Waals surface area contributed by atoms with Crippen LogP contribution >= 0.6 is 0 Å². The number of carbonyl (C=O) groups is 2. The molecule has 2 rings (SSSR count). The predicted molar refractivity (Wildman–Crippen MR) is 69.2 cm³/mol. The number of rotatable bonds is 6. The first-order valence-electron chi connectivity index (χ1n) is 7.07. The molecule has 2 unspecified atom stereocenters. The van der Waals surface area contributed by atoms with E-state index in [4.69, 9.17) is 0 Å². The van der Waals surface area contributed by atoms with Gasteiger partial charge in [0.15, 0.2) is 0 Å². The van der Waals surface area contributed by atoms with Crippen LogP contribution in [0, 0.1) is 0 Å². The molecule has 5 heteroatoms. The second kappa shape index (κ2) is 6.18. The van der Waals surface area contributed by atoms with Gasteiger partial charge in [0.1, 0.15) is 6.04 Å². The van der Waals surface area contributed by atoms with Crippen molar-refractivity contribution in [2.75, 3.05) is 13.1 Å². The standard InChI is InChI=1S/C13H23N3O2/c1-2-5-11-12(17)16(13(18)15-11)9-4-7-10-6-3-8-14-10/h10-11,14H,2-9H2,1H3,(H,15,18). The van der Waals surface area contributed by atoms with Crippen LogP contribution in [0.5, 0.6) is 0 Å². The monoisotopic (exact) mass is 253 g/mol. The van der Waals surface area contributed by atoms with Crippen LogP contribution in [0.25, 0.3) is 0 Å². The van der Waals surface area contributed by atoms with Crippen molar-refractivity contribution in [2.45, 2.75) is 57.5 Å². The second-order valence-corrected chi connectivity index (χ2v) is 5.22. The zero-order valence-electron chi connectivity index (χ0n) is 11.1. The molecule has 0 aliphatic carbocycles. The number of hydrogen-bond acceptors (Lipinski definition) is 3. The lowest BCUT2D eigenvalue weighted by molar-refractivity contribution is -0.127. The van der Waals surface area contributed by atoms with E-state index in [0.717, 1.165) is 32.2 Å². The molecule has 2 heterocycles. The molecule has 18 heavy (non-hydrogen) atoms. The Kier molecular flexibility index (Phi) is 4.58. The highest BCUT2D eigenvalue weighted by molar-refractivity contribution is 6.04. The van der Waals surface area contributed by atoms with Gasteiger partial charge in [-0.25, -0.2) is 4.79 Å². The van der Waals surface area contributed by atoms with Gasteiger partial charge < -0.3 is 10.6 Å². The first kappa shape index (κ1) is 13.3. The molecule has 2 N–H and O–H groups in total. The third-order valence-corrected chi connectivity index (χ3v) is 3.78. The zero-order chi connectivity index (χ0) is 13.0. The van der Waals surface area contributed by atoms with E-state index in [2.05, 4.69) is 10.6 Å². The van der Waals surface area contributed by atoms with Crippen molar-refractivity contribution in [3.8, 4) is 0 Å². The summed E-state index contributed by atoms with van der Waals surface area (Å²) in [6.07, 6.45) is 6.07. The molecule has 0 saturated carbocycles. The molecule has 2 fully saturated rings. The highest BCUT2D eigenvalue weighted by Gasteiger charge is 2.36. The summed E-state index contributed by atoms with van der Waals surface area (Å²) in [7, 11) is 0. The summed E-state index contributed by atoms with van der Waals surface area (Å²) in [6, 6.07) is 0.0853. The fourth-order valence-electron chi connectivity index (χ4n) is 2.77. The molecule has 5 nitrogen and oxygen atoms in total. The van der Waals surface area contributed by atoms with E-state index in [1.54, 1.807) is 0 Å². The number of carbonyl (C=O) groups excluding carboxylic acids is 2. The minimum absolute atomic E-state index is 0.0405. The SMILES string of the molecule is CCCC1NC(=O)N(CCCC2CCCN2)C1=O. The fourth-order valence-corrected chi connectivity index (χ4v) is 2.77. The Labute approximate surface area is 108 Å². The molecule has 3 amide bonds. The summed E-state index contributed by atoms with van der Waals surface area (Å²) in [6.45, 7) is 3.68. The topological polar surface area (TPSA) is 61.4 Å². The summed E-state index contributed by atoms with van der Waals surface area (Å²) < 4.78 is 0. The highest BCUT2D eigenvalue weighted by atomic mass is 16.2. The van der Waals surface area contributed by atoms with E-state index >= 15 is 0 Å². The van der Waals surface area contributed by atoms with Crippen molar-refractivity contribution in [3.05, 3.63) is 0 Å². The molecule has 2 atom stereocenters. The molecule has 0 aromatic heterocycles. The summed E-state index contributed by atoms with van der Waals surface area (Å²) in [4.78, 5) is 25.0. The van der Waals surface area contributed by atoms with Crippen molar-refractivity contribution in [1.82, 2.24) is 15.5 Å². The molecular formula is C13H23N3O2. The Morgan fingerprint density at radius 2 is 2.17 bits per heavy atom. The largest absolute Gasteiger partial charge is 0.326 e. The molecule has 0 bridgehead atoms. The summed E-state index contributed by atoms with van der Waals surface area (Å²) in [5.41, 5.74) is 0. The quantitative estimate of drug-likeness (QED) is 0.700. The smallest absolute Gasteiger partial charge is 0.324 e. The number of nitrogens with zero attached hydrogens (tertiary/aromatic N) is 1. The van der Waals surface area contributed by atoms with Crippen LogP contribution in [-0.4, -0.2) is 42.0 Å². The minimum atomic E-state index is -0.285. The molecular weight excluding hydrogens is 230 g/mol. The molecule has 0 spiro atoms. The van der Waals surface area contributed by atoms with E-state index in [1.165, 1.54) is 17.7 Å². The van der Waals surface area contributed by atoms with Crippen LogP contribution in [-0.2, 0) is 4.79 Å². The molecule has 0 aromatic carbocycles. The van der Waals surface area contributed by atoms with Crippen molar-refractivity contribution in [2.24, 2.45) is 0 Å². The van der Waals surface area contributed by atoms with E-state index < -0.39 is 0 Å². The molecule has 2 aliphatic rings. The first-order valence-corrected chi connectivity index (χ1v) is 7.07. The molecule has 102 valence electrons. The second-order valence-electron chi connectivity index (χ2n) is 5.22. The van der Waals surface area contributed by atoms with Gasteiger partial charge in [0.2, 0.25) is 0 Å². The molecule has 0 aromatic rings. The summed E-state index contributed by atoms with van der Waals surface area (Å²) >= 11 is 0. The van der Waals surface area contributed by atoms with Crippen molar-refractivity contribution >= 4 is 11.9 Å². The lowest BCUT2D eigenvalue weighted by Gasteiger charge is -2.15. The average Bonchev–Trinajstić information content (AvgIpc) is 2.93. The van der Waals surface area contributed by atoms with E-state index in [9.17, 15) is 9.59 Å². The number of nitrogens with one attached hydrogen (secondary N) is 2. The molecule has 2 aliphatic heterocycles. The first-order chi connectivity index (χ1) is 8.72. The van der Waals surface area contributed by atoms with E-state index in [0.29, 0.717) is 12.6 Å². The summed E-state index contributed by atoms with van der Waals surface area (Å²) in [5, 5.41) is 6.18. The summed E-state index contributed by atoms with van der Waals surface area (Å²) in [5.74, 6) is -0.0405. The minimum Gasteiger partial charge on any atom is -0.326 e. The van der Waals surface area contributed by atoms with Gasteiger partial charge in [-0.05, 0) is 38.6 Å². The van der Waals surface area contributed by atoms with Crippen LogP contribution in [0.3, 0.4) is 0 Å². The van der Waals surface area contributed by atoms with Gasteiger partial charge >= 0.3 is 6.03 Å². The van der Waals surface area contributed by atoms with Crippen molar-refractivity contribution in [3.63, 3.8) is 0 Å². The third-order valence-electron chi connectivity index (χ3n) is 3.78. The predicted octanol–water partition coefficient (Wildman–Crippen LogP) is 1.24. The molecule has 0 radical (unpaired) electrons. The Morgan fingerprint density at radius 3 is 2.83 bits per heavy atom. The number of imide groups is 1.